The molecule has 0 saturated carbocycles. The van der Waals surface area contributed by atoms with E-state index in [1.165, 1.54) is 17.0 Å². The van der Waals surface area contributed by atoms with Gasteiger partial charge in [0.15, 0.2) is 18.1 Å². The smallest absolute Gasteiger partial charge is 0.269 e. The minimum Gasteiger partial charge on any atom is -0.482 e. The van der Waals surface area contributed by atoms with Crippen molar-refractivity contribution in [2.45, 2.75) is 0 Å². The summed E-state index contributed by atoms with van der Waals surface area (Å²) in [5.74, 6) is -0.310. The number of hydrazine groups is 1. The highest BCUT2D eigenvalue weighted by Crippen LogP contribution is 2.39. The van der Waals surface area contributed by atoms with Crippen LogP contribution in [0.25, 0.3) is 0 Å². The molecule has 2 N–H and O–H groups in total. The molecular formula is C18H14ClN3O6. The quantitative estimate of drug-likeness (QED) is 0.747. The van der Waals surface area contributed by atoms with Crippen LogP contribution in [0.3, 0.4) is 0 Å². The molecule has 144 valence electrons. The third-order valence-electron chi connectivity index (χ3n) is 4.11. The number of hydrogen-bond donors (Lipinski definition) is 2. The third-order valence-corrected chi connectivity index (χ3v) is 4.40. The Labute approximate surface area is 164 Å². The summed E-state index contributed by atoms with van der Waals surface area (Å²) in [6, 6.07) is 9.74. The van der Waals surface area contributed by atoms with Crippen LogP contribution in [0.5, 0.6) is 17.2 Å². The highest BCUT2D eigenvalue weighted by molar-refractivity contribution is 6.32. The third kappa shape index (κ3) is 3.39. The minimum atomic E-state index is -0.595. The zero-order chi connectivity index (χ0) is 19.7. The lowest BCUT2D eigenvalue weighted by atomic mass is 10.2. The molecule has 2 aromatic carbocycles. The molecule has 2 aromatic rings. The number of ether oxygens (including phenoxy) is 3. The van der Waals surface area contributed by atoms with Crippen molar-refractivity contribution in [3.63, 3.8) is 0 Å². The first kappa shape index (κ1) is 17.9. The molecule has 4 rings (SSSR count). The number of halogens is 1. The van der Waals surface area contributed by atoms with Crippen LogP contribution in [0.4, 0.5) is 5.69 Å². The number of fused-ring (bicyclic) bond motifs is 2. The van der Waals surface area contributed by atoms with Crippen molar-refractivity contribution in [2.75, 3.05) is 24.8 Å². The van der Waals surface area contributed by atoms with Crippen molar-refractivity contribution in [3.05, 3.63) is 47.0 Å². The Bertz CT molecular complexity index is 980. The number of carbonyl (C=O) groups is 3. The Morgan fingerprint density at radius 2 is 1.89 bits per heavy atom. The molecule has 10 heteroatoms. The summed E-state index contributed by atoms with van der Waals surface area (Å²) in [5.41, 5.74) is 5.23. The van der Waals surface area contributed by atoms with Gasteiger partial charge >= 0.3 is 0 Å². The second-order valence-corrected chi connectivity index (χ2v) is 6.34. The summed E-state index contributed by atoms with van der Waals surface area (Å²) in [4.78, 5) is 37.9. The van der Waals surface area contributed by atoms with Gasteiger partial charge in [0.2, 0.25) is 6.79 Å². The van der Waals surface area contributed by atoms with E-state index in [0.717, 1.165) is 0 Å². The fraction of sp³-hybridized carbons (Fsp3) is 0.167. The molecule has 0 radical (unpaired) electrons. The van der Waals surface area contributed by atoms with Crippen molar-refractivity contribution in [1.29, 1.82) is 0 Å². The number of hydrogen-bond acceptors (Lipinski definition) is 6. The van der Waals surface area contributed by atoms with Gasteiger partial charge in [-0.05, 0) is 24.3 Å². The van der Waals surface area contributed by atoms with Crippen LogP contribution in [0.1, 0.15) is 10.4 Å². The number of carbonyl (C=O) groups excluding carboxylic acids is 3. The number of amides is 3. The highest BCUT2D eigenvalue weighted by Gasteiger charge is 2.27. The van der Waals surface area contributed by atoms with E-state index in [2.05, 4.69) is 10.9 Å². The number of para-hydroxylation sites is 2. The summed E-state index contributed by atoms with van der Waals surface area (Å²) in [7, 11) is 0. The number of rotatable bonds is 3. The van der Waals surface area contributed by atoms with Gasteiger partial charge in [-0.25, -0.2) is 0 Å². The summed E-state index contributed by atoms with van der Waals surface area (Å²) in [6.45, 7) is -0.417. The van der Waals surface area contributed by atoms with Gasteiger partial charge in [-0.2, -0.15) is 0 Å². The van der Waals surface area contributed by atoms with Crippen molar-refractivity contribution in [2.24, 2.45) is 0 Å². The van der Waals surface area contributed by atoms with Crippen LogP contribution in [-0.4, -0.2) is 37.7 Å². The Morgan fingerprint density at radius 1 is 1.07 bits per heavy atom. The summed E-state index contributed by atoms with van der Waals surface area (Å²) in [6.07, 6.45) is 0. The lowest BCUT2D eigenvalue weighted by molar-refractivity contribution is -0.125. The number of nitrogens with zero attached hydrogens (tertiary/aromatic N) is 1. The molecule has 2 heterocycles. The Hall–Kier alpha value is -3.46. The van der Waals surface area contributed by atoms with Gasteiger partial charge in [-0.1, -0.05) is 23.7 Å². The standard InChI is InChI=1S/C18H14ClN3O6/c19-11-5-10(6-14-17(11)28-9-27-14)18(25)21-20-15(23)7-22-12-3-1-2-4-13(12)26-8-16(22)24/h1-6H,7-9H2,(H,20,23)(H,21,25). The van der Waals surface area contributed by atoms with E-state index in [9.17, 15) is 14.4 Å². The van der Waals surface area contributed by atoms with Gasteiger partial charge in [0.05, 0.1) is 10.7 Å². The zero-order valence-electron chi connectivity index (χ0n) is 14.4. The highest BCUT2D eigenvalue weighted by atomic mass is 35.5. The minimum absolute atomic E-state index is 0.0198. The normalized spacial score (nSPS) is 14.2. The van der Waals surface area contributed by atoms with Crippen LogP contribution in [0.15, 0.2) is 36.4 Å². The fourth-order valence-corrected chi connectivity index (χ4v) is 3.07. The second kappa shape index (κ2) is 7.28. The molecule has 0 unspecified atom stereocenters. The average Bonchev–Trinajstić information content (AvgIpc) is 3.17. The van der Waals surface area contributed by atoms with E-state index >= 15 is 0 Å². The molecule has 0 bridgehead atoms. The number of nitrogens with one attached hydrogen (secondary N) is 2. The molecule has 0 atom stereocenters. The van der Waals surface area contributed by atoms with Gasteiger partial charge < -0.3 is 14.2 Å². The molecule has 0 spiro atoms. The van der Waals surface area contributed by atoms with Crippen LogP contribution < -0.4 is 30.0 Å². The van der Waals surface area contributed by atoms with E-state index in [1.807, 2.05) is 0 Å². The lowest BCUT2D eigenvalue weighted by Crippen LogP contribution is -2.49. The van der Waals surface area contributed by atoms with Crippen molar-refractivity contribution < 1.29 is 28.6 Å². The molecule has 2 aliphatic rings. The van der Waals surface area contributed by atoms with Crippen LogP contribution >= 0.6 is 11.6 Å². The number of anilines is 1. The molecule has 0 fully saturated rings. The Kier molecular flexibility index (Phi) is 4.66. The first-order chi connectivity index (χ1) is 13.5. The van der Waals surface area contributed by atoms with Crippen LogP contribution in [0, 0.1) is 0 Å². The summed E-state index contributed by atoms with van der Waals surface area (Å²) >= 11 is 6.05. The average molecular weight is 404 g/mol. The van der Waals surface area contributed by atoms with E-state index in [1.54, 1.807) is 24.3 Å². The van der Waals surface area contributed by atoms with Crippen molar-refractivity contribution >= 4 is 35.0 Å². The number of benzene rings is 2. The predicted octanol–water partition coefficient (Wildman–Crippen LogP) is 1.26. The fourth-order valence-electron chi connectivity index (χ4n) is 2.81. The predicted molar refractivity (Wildman–Crippen MR) is 97.5 cm³/mol. The summed E-state index contributed by atoms with van der Waals surface area (Å²) < 4.78 is 15.7. The second-order valence-electron chi connectivity index (χ2n) is 5.93. The Balaban J connectivity index is 1.39. The van der Waals surface area contributed by atoms with Crippen molar-refractivity contribution in [1.82, 2.24) is 10.9 Å². The van der Waals surface area contributed by atoms with Gasteiger partial charge in [0.25, 0.3) is 17.7 Å². The SMILES string of the molecule is O=C(CN1C(=O)COc2ccccc21)NNC(=O)c1cc(Cl)c2c(c1)OCO2. The van der Waals surface area contributed by atoms with Gasteiger partial charge in [0.1, 0.15) is 12.3 Å². The maximum absolute atomic E-state index is 12.3. The lowest BCUT2D eigenvalue weighted by Gasteiger charge is -2.28. The molecule has 0 saturated heterocycles. The maximum atomic E-state index is 12.3. The molecule has 9 nitrogen and oxygen atoms in total. The molecular weight excluding hydrogens is 390 g/mol. The van der Waals surface area contributed by atoms with Crippen LogP contribution in [0.2, 0.25) is 5.02 Å². The maximum Gasteiger partial charge on any atom is 0.269 e. The Morgan fingerprint density at radius 3 is 2.75 bits per heavy atom. The summed E-state index contributed by atoms with van der Waals surface area (Å²) in [5, 5.41) is 0.224. The van der Waals surface area contributed by atoms with E-state index in [0.29, 0.717) is 22.9 Å². The van der Waals surface area contributed by atoms with Gasteiger partial charge in [0, 0.05) is 5.56 Å². The monoisotopic (exact) mass is 403 g/mol. The van der Waals surface area contributed by atoms with Crippen LogP contribution in [-0.2, 0) is 9.59 Å². The largest absolute Gasteiger partial charge is 0.482 e. The first-order valence-electron chi connectivity index (χ1n) is 8.23. The van der Waals surface area contributed by atoms with Gasteiger partial charge in [-0.15, -0.1) is 0 Å². The van der Waals surface area contributed by atoms with Gasteiger partial charge in [-0.3, -0.25) is 30.1 Å². The molecule has 0 aromatic heterocycles. The first-order valence-corrected chi connectivity index (χ1v) is 8.61. The van der Waals surface area contributed by atoms with E-state index < -0.39 is 11.8 Å². The molecule has 2 aliphatic heterocycles. The van der Waals surface area contributed by atoms with Crippen molar-refractivity contribution in [3.8, 4) is 17.2 Å². The zero-order valence-corrected chi connectivity index (χ0v) is 15.1. The van der Waals surface area contributed by atoms with E-state index in [-0.39, 0.29) is 36.4 Å². The van der Waals surface area contributed by atoms with E-state index in [4.69, 9.17) is 25.8 Å². The molecule has 0 aliphatic carbocycles. The topological polar surface area (TPSA) is 106 Å². The molecule has 28 heavy (non-hydrogen) atoms. The molecule has 3 amide bonds.